The Morgan fingerprint density at radius 1 is 0.917 bits per heavy atom. The summed E-state index contributed by atoms with van der Waals surface area (Å²) in [5.74, 6) is 1.22. The molecule has 0 saturated carbocycles. The van der Waals surface area contributed by atoms with Crippen LogP contribution in [0.3, 0.4) is 0 Å². The summed E-state index contributed by atoms with van der Waals surface area (Å²) in [6, 6.07) is 28.1. The summed E-state index contributed by atoms with van der Waals surface area (Å²) in [5.41, 5.74) is 17.9. The van der Waals surface area contributed by atoms with Crippen molar-refractivity contribution in [3.8, 4) is 16.9 Å². The van der Waals surface area contributed by atoms with Crippen LogP contribution in [-0.4, -0.2) is 11.7 Å². The van der Waals surface area contributed by atoms with Crippen LogP contribution in [0.4, 0.5) is 5.69 Å². The van der Waals surface area contributed by atoms with Crippen molar-refractivity contribution in [2.45, 2.75) is 19.4 Å². The first-order valence-corrected chi connectivity index (χ1v) is 12.0. The second kappa shape index (κ2) is 10.3. The molecule has 178 valence electrons. The number of para-hydroxylation sites is 2. The number of aliphatic imine (C=N–C) groups is 1. The minimum Gasteiger partial charge on any atom is -0.487 e. The van der Waals surface area contributed by atoms with Crippen LogP contribution in [0.5, 0.6) is 5.75 Å². The Balaban J connectivity index is 1.47. The molecule has 1 aliphatic carbocycles. The third-order valence-corrected chi connectivity index (χ3v) is 6.29. The molecule has 5 heteroatoms. The molecule has 0 heterocycles. The van der Waals surface area contributed by atoms with E-state index in [0.29, 0.717) is 23.9 Å². The maximum atomic E-state index is 8.47. The van der Waals surface area contributed by atoms with E-state index >= 15 is 0 Å². The lowest BCUT2D eigenvalue weighted by Crippen LogP contribution is -2.17. The standard InChI is InChI=1S/C31H28N4O/c32-28-12-6-7-13-29(28)36-20-21-14-16-22(17-15-21)26-18-24-10-4-5-11-25(24)19-27(26)31(34)35-30(33)23-8-2-1-3-9-23/h1-2,4-8,10-19H,3,9,20,32H2,(H3,33,34,35). The molecule has 1 aliphatic rings. The van der Waals surface area contributed by atoms with E-state index in [2.05, 4.69) is 47.5 Å². The summed E-state index contributed by atoms with van der Waals surface area (Å²) in [6.07, 6.45) is 7.72. The highest BCUT2D eigenvalue weighted by atomic mass is 16.5. The van der Waals surface area contributed by atoms with Crippen molar-refractivity contribution in [2.75, 3.05) is 5.73 Å². The smallest absolute Gasteiger partial charge is 0.150 e. The van der Waals surface area contributed by atoms with Gasteiger partial charge in [0.25, 0.3) is 0 Å². The molecule has 4 aromatic rings. The first-order valence-electron chi connectivity index (χ1n) is 12.0. The van der Waals surface area contributed by atoms with Crippen molar-refractivity contribution < 1.29 is 4.74 Å². The van der Waals surface area contributed by atoms with Crippen LogP contribution in [0.25, 0.3) is 21.9 Å². The number of nitrogens with zero attached hydrogens (tertiary/aromatic N) is 1. The van der Waals surface area contributed by atoms with Crippen LogP contribution < -0.4 is 16.2 Å². The highest BCUT2D eigenvalue weighted by Crippen LogP contribution is 2.30. The minimum absolute atomic E-state index is 0.212. The van der Waals surface area contributed by atoms with E-state index < -0.39 is 0 Å². The number of benzene rings is 4. The molecule has 0 spiro atoms. The van der Waals surface area contributed by atoms with Gasteiger partial charge in [-0.05, 0) is 70.1 Å². The molecule has 4 aromatic carbocycles. The molecule has 0 saturated heterocycles. The molecule has 0 unspecified atom stereocenters. The molecule has 0 aromatic heterocycles. The number of rotatable bonds is 6. The van der Waals surface area contributed by atoms with Gasteiger partial charge >= 0.3 is 0 Å². The maximum absolute atomic E-state index is 8.47. The SMILES string of the molecule is N=C(N=C(N)c1cc2ccccc2cc1-c1ccc(COc2ccccc2N)cc1)C1=CC=CCC1. The molecule has 5 N–H and O–H groups in total. The average molecular weight is 473 g/mol. The molecule has 5 nitrogen and oxygen atoms in total. The van der Waals surface area contributed by atoms with Gasteiger partial charge in [0.15, 0.2) is 0 Å². The molecule has 0 radical (unpaired) electrons. The van der Waals surface area contributed by atoms with Gasteiger partial charge < -0.3 is 16.2 Å². The summed E-state index contributed by atoms with van der Waals surface area (Å²) >= 11 is 0. The van der Waals surface area contributed by atoms with Crippen molar-refractivity contribution in [3.63, 3.8) is 0 Å². The number of anilines is 1. The van der Waals surface area contributed by atoms with Gasteiger partial charge in [0.2, 0.25) is 0 Å². The van der Waals surface area contributed by atoms with Crippen molar-refractivity contribution in [3.05, 3.63) is 120 Å². The zero-order valence-electron chi connectivity index (χ0n) is 19.9. The van der Waals surface area contributed by atoms with Gasteiger partial charge in [-0.25, -0.2) is 4.99 Å². The van der Waals surface area contributed by atoms with Gasteiger partial charge in [-0.2, -0.15) is 0 Å². The fourth-order valence-electron chi connectivity index (χ4n) is 4.30. The lowest BCUT2D eigenvalue weighted by Gasteiger charge is -2.14. The van der Waals surface area contributed by atoms with Gasteiger partial charge in [-0.15, -0.1) is 0 Å². The van der Waals surface area contributed by atoms with Gasteiger partial charge in [-0.3, -0.25) is 5.41 Å². The third kappa shape index (κ3) is 5.05. The van der Waals surface area contributed by atoms with Crippen LogP contribution in [0.15, 0.2) is 114 Å². The van der Waals surface area contributed by atoms with Crippen LogP contribution >= 0.6 is 0 Å². The number of hydrogen-bond donors (Lipinski definition) is 3. The van der Waals surface area contributed by atoms with Gasteiger partial charge in [0.1, 0.15) is 24.0 Å². The quantitative estimate of drug-likeness (QED) is 0.167. The molecule has 36 heavy (non-hydrogen) atoms. The van der Waals surface area contributed by atoms with E-state index in [1.54, 1.807) is 0 Å². The molecular weight excluding hydrogens is 444 g/mol. The zero-order valence-corrected chi connectivity index (χ0v) is 19.9. The summed E-state index contributed by atoms with van der Waals surface area (Å²) < 4.78 is 5.89. The molecule has 0 amide bonds. The maximum Gasteiger partial charge on any atom is 0.150 e. The minimum atomic E-state index is 0.212. The number of ether oxygens (including phenoxy) is 1. The average Bonchev–Trinajstić information content (AvgIpc) is 2.92. The lowest BCUT2D eigenvalue weighted by molar-refractivity contribution is 0.308. The molecule has 0 fully saturated rings. The van der Waals surface area contributed by atoms with Gasteiger partial charge in [0, 0.05) is 5.56 Å². The monoisotopic (exact) mass is 472 g/mol. The largest absolute Gasteiger partial charge is 0.487 e. The van der Waals surface area contributed by atoms with Crippen LogP contribution in [0.2, 0.25) is 0 Å². The lowest BCUT2D eigenvalue weighted by atomic mass is 9.94. The van der Waals surface area contributed by atoms with Crippen molar-refractivity contribution >= 4 is 28.1 Å². The molecule has 0 atom stereocenters. The number of nitrogen functional groups attached to an aromatic ring is 1. The Morgan fingerprint density at radius 3 is 2.36 bits per heavy atom. The van der Waals surface area contributed by atoms with E-state index in [-0.39, 0.29) is 5.84 Å². The number of amidine groups is 2. The summed E-state index contributed by atoms with van der Waals surface area (Å²) in [4.78, 5) is 4.50. The zero-order chi connectivity index (χ0) is 24.9. The fourth-order valence-corrected chi connectivity index (χ4v) is 4.30. The van der Waals surface area contributed by atoms with E-state index in [0.717, 1.165) is 51.4 Å². The van der Waals surface area contributed by atoms with Crippen LogP contribution in [0, 0.1) is 5.41 Å². The van der Waals surface area contributed by atoms with Gasteiger partial charge in [0.05, 0.1) is 5.69 Å². The van der Waals surface area contributed by atoms with Crippen LogP contribution in [0.1, 0.15) is 24.0 Å². The number of allylic oxidation sites excluding steroid dienone is 3. The Bertz CT molecular complexity index is 1510. The Morgan fingerprint density at radius 2 is 1.64 bits per heavy atom. The van der Waals surface area contributed by atoms with E-state index in [1.807, 2.05) is 60.7 Å². The predicted octanol–water partition coefficient (Wildman–Crippen LogP) is 6.63. The topological polar surface area (TPSA) is 97.5 Å². The number of fused-ring (bicyclic) bond motifs is 1. The van der Waals surface area contributed by atoms with Crippen LogP contribution in [-0.2, 0) is 6.61 Å². The molecular formula is C31H28N4O. The highest BCUT2D eigenvalue weighted by molar-refractivity contribution is 6.14. The first kappa shape index (κ1) is 23.1. The molecule has 0 aliphatic heterocycles. The Kier molecular flexibility index (Phi) is 6.63. The number of nitrogens with two attached hydrogens (primary N) is 2. The molecule has 0 bridgehead atoms. The first-order chi connectivity index (χ1) is 17.6. The van der Waals surface area contributed by atoms with Crippen molar-refractivity contribution in [2.24, 2.45) is 10.7 Å². The second-order valence-corrected chi connectivity index (χ2v) is 8.77. The number of hydrogen-bond acceptors (Lipinski definition) is 3. The summed E-state index contributed by atoms with van der Waals surface area (Å²) in [5, 5.41) is 10.7. The summed E-state index contributed by atoms with van der Waals surface area (Å²) in [6.45, 7) is 0.420. The van der Waals surface area contributed by atoms with Crippen molar-refractivity contribution in [1.29, 1.82) is 5.41 Å². The predicted molar refractivity (Wildman–Crippen MR) is 149 cm³/mol. The highest BCUT2D eigenvalue weighted by Gasteiger charge is 2.13. The normalized spacial score (nSPS) is 13.4. The fraction of sp³-hybridized carbons (Fsp3) is 0.0968. The van der Waals surface area contributed by atoms with E-state index in [4.69, 9.17) is 21.6 Å². The summed E-state index contributed by atoms with van der Waals surface area (Å²) in [7, 11) is 0. The number of nitrogens with one attached hydrogen (secondary N) is 1. The van der Waals surface area contributed by atoms with E-state index in [1.165, 1.54) is 0 Å². The Labute approximate surface area is 211 Å². The third-order valence-electron chi connectivity index (χ3n) is 6.29. The Hall–Kier alpha value is -4.64. The van der Waals surface area contributed by atoms with Gasteiger partial charge in [-0.1, -0.05) is 78.9 Å². The molecule has 5 rings (SSSR count). The second-order valence-electron chi connectivity index (χ2n) is 8.77. The van der Waals surface area contributed by atoms with E-state index in [9.17, 15) is 0 Å². The van der Waals surface area contributed by atoms with Crippen molar-refractivity contribution in [1.82, 2.24) is 0 Å².